The summed E-state index contributed by atoms with van der Waals surface area (Å²) in [6, 6.07) is 1.09. The van der Waals surface area contributed by atoms with Crippen LogP contribution in [0.5, 0.6) is 0 Å². The molecule has 0 aromatic carbocycles. The van der Waals surface area contributed by atoms with E-state index in [1.807, 2.05) is 17.5 Å². The Balaban J connectivity index is 1.89. The number of rotatable bonds is 4. The molecule has 18 heavy (non-hydrogen) atoms. The quantitative estimate of drug-likeness (QED) is 0.878. The van der Waals surface area contributed by atoms with E-state index in [0.717, 1.165) is 11.8 Å². The Morgan fingerprint density at radius 2 is 2.11 bits per heavy atom. The van der Waals surface area contributed by atoms with Crippen molar-refractivity contribution in [2.45, 2.75) is 65.5 Å². The van der Waals surface area contributed by atoms with Crippen LogP contribution < -0.4 is 5.32 Å². The number of aryl methyl sites for hydroxylation is 1. The van der Waals surface area contributed by atoms with Crippen LogP contribution in [0.3, 0.4) is 0 Å². The van der Waals surface area contributed by atoms with Gasteiger partial charge in [-0.05, 0) is 38.5 Å². The molecule has 3 atom stereocenters. The van der Waals surface area contributed by atoms with E-state index in [0.29, 0.717) is 12.1 Å². The van der Waals surface area contributed by atoms with Crippen LogP contribution in [-0.4, -0.2) is 11.0 Å². The summed E-state index contributed by atoms with van der Waals surface area (Å²) in [4.78, 5) is 5.80. The molecular formula is C15H26N2S. The Bertz CT molecular complexity index is 372. The minimum absolute atomic E-state index is 0.402. The molecule has 2 rings (SSSR count). The number of thiazole rings is 1. The lowest BCUT2D eigenvalue weighted by molar-refractivity contribution is 0.223. The van der Waals surface area contributed by atoms with E-state index >= 15 is 0 Å². The maximum Gasteiger partial charge on any atom is 0.109 e. The highest BCUT2D eigenvalue weighted by Gasteiger charge is 2.25. The van der Waals surface area contributed by atoms with Crippen LogP contribution in [0.4, 0.5) is 0 Å². The molecule has 0 radical (unpaired) electrons. The van der Waals surface area contributed by atoms with E-state index < -0.39 is 0 Å². The van der Waals surface area contributed by atoms with E-state index in [1.54, 1.807) is 0 Å². The van der Waals surface area contributed by atoms with Gasteiger partial charge in [-0.2, -0.15) is 0 Å². The Morgan fingerprint density at radius 3 is 2.72 bits per heavy atom. The van der Waals surface area contributed by atoms with Gasteiger partial charge in [-0.3, -0.25) is 0 Å². The summed E-state index contributed by atoms with van der Waals surface area (Å²) in [6.45, 7) is 9.10. The molecule has 102 valence electrons. The third-order valence-corrected chi connectivity index (χ3v) is 5.25. The molecule has 0 aliphatic heterocycles. The van der Waals surface area contributed by atoms with Crippen molar-refractivity contribution in [1.29, 1.82) is 0 Å². The zero-order valence-corrected chi connectivity index (χ0v) is 12.9. The average Bonchev–Trinajstić information content (AvgIpc) is 2.76. The van der Waals surface area contributed by atoms with Crippen molar-refractivity contribution < 1.29 is 0 Å². The Hall–Kier alpha value is -0.410. The predicted octanol–water partition coefficient (Wildman–Crippen LogP) is 4.32. The zero-order valence-electron chi connectivity index (χ0n) is 12.1. The first-order valence-electron chi connectivity index (χ1n) is 7.24. The van der Waals surface area contributed by atoms with Crippen molar-refractivity contribution in [2.24, 2.45) is 11.8 Å². The lowest BCUT2D eigenvalue weighted by Gasteiger charge is -2.33. The Kier molecular flexibility index (Phi) is 4.79. The molecule has 0 spiro atoms. The second-order valence-electron chi connectivity index (χ2n) is 6.07. The van der Waals surface area contributed by atoms with E-state index in [4.69, 9.17) is 0 Å². The Labute approximate surface area is 115 Å². The second kappa shape index (κ2) is 6.16. The van der Waals surface area contributed by atoms with Gasteiger partial charge in [0.2, 0.25) is 0 Å². The van der Waals surface area contributed by atoms with Gasteiger partial charge in [-0.15, -0.1) is 11.3 Å². The number of hydrogen-bond acceptors (Lipinski definition) is 3. The summed E-state index contributed by atoms with van der Waals surface area (Å²) < 4.78 is 0. The lowest BCUT2D eigenvalue weighted by Crippen LogP contribution is -2.36. The molecule has 0 bridgehead atoms. The molecule has 3 heteroatoms. The van der Waals surface area contributed by atoms with Gasteiger partial charge in [0.25, 0.3) is 0 Å². The smallest absolute Gasteiger partial charge is 0.109 e. The molecule has 1 fully saturated rings. The van der Waals surface area contributed by atoms with Crippen LogP contribution in [0.1, 0.15) is 62.4 Å². The molecule has 1 aromatic rings. The van der Waals surface area contributed by atoms with Crippen LogP contribution in [0.15, 0.2) is 6.20 Å². The van der Waals surface area contributed by atoms with Gasteiger partial charge in [0.1, 0.15) is 5.01 Å². The van der Waals surface area contributed by atoms with Gasteiger partial charge in [0.05, 0.1) is 6.04 Å². The predicted molar refractivity (Wildman–Crippen MR) is 79.0 cm³/mol. The summed E-state index contributed by atoms with van der Waals surface area (Å²) in [5.41, 5.74) is 0. The third kappa shape index (κ3) is 3.55. The zero-order chi connectivity index (χ0) is 13.1. The topological polar surface area (TPSA) is 24.9 Å². The first kappa shape index (κ1) is 14.0. The molecular weight excluding hydrogens is 240 g/mol. The monoisotopic (exact) mass is 266 g/mol. The molecule has 0 amide bonds. The van der Waals surface area contributed by atoms with Gasteiger partial charge in [0.15, 0.2) is 0 Å². The highest BCUT2D eigenvalue weighted by atomic mass is 32.1. The molecule has 1 aliphatic rings. The maximum absolute atomic E-state index is 4.49. The fraction of sp³-hybridized carbons (Fsp3) is 0.800. The molecule has 1 heterocycles. The summed E-state index contributed by atoms with van der Waals surface area (Å²) in [5.74, 6) is 1.73. The highest BCUT2D eigenvalue weighted by molar-refractivity contribution is 7.11. The van der Waals surface area contributed by atoms with Crippen molar-refractivity contribution in [3.8, 4) is 0 Å². The molecule has 1 aliphatic carbocycles. The molecule has 1 saturated carbocycles. The van der Waals surface area contributed by atoms with Gasteiger partial charge in [-0.1, -0.05) is 26.7 Å². The lowest BCUT2D eigenvalue weighted by atomic mass is 9.79. The van der Waals surface area contributed by atoms with Gasteiger partial charge < -0.3 is 5.32 Å². The van der Waals surface area contributed by atoms with Crippen LogP contribution in [-0.2, 0) is 0 Å². The molecule has 1 N–H and O–H groups in total. The van der Waals surface area contributed by atoms with E-state index in [2.05, 4.69) is 38.0 Å². The largest absolute Gasteiger partial charge is 0.305 e. The van der Waals surface area contributed by atoms with Crippen molar-refractivity contribution in [2.75, 3.05) is 0 Å². The summed E-state index contributed by atoms with van der Waals surface area (Å²) in [6.07, 6.45) is 7.45. The molecule has 2 nitrogen and oxygen atoms in total. The summed E-state index contributed by atoms with van der Waals surface area (Å²) in [5, 5.41) is 5.02. The fourth-order valence-electron chi connectivity index (χ4n) is 2.98. The van der Waals surface area contributed by atoms with Crippen LogP contribution in [0, 0.1) is 18.8 Å². The molecule has 1 aromatic heterocycles. The third-order valence-electron chi connectivity index (χ3n) is 4.15. The number of aromatic nitrogens is 1. The summed E-state index contributed by atoms with van der Waals surface area (Å²) >= 11 is 1.82. The fourth-order valence-corrected chi connectivity index (χ4v) is 3.77. The van der Waals surface area contributed by atoms with Gasteiger partial charge in [0, 0.05) is 17.1 Å². The Morgan fingerprint density at radius 1 is 1.33 bits per heavy atom. The normalized spacial score (nSPS) is 26.5. The molecule has 3 unspecified atom stereocenters. The van der Waals surface area contributed by atoms with Crippen LogP contribution in [0.2, 0.25) is 0 Å². The summed E-state index contributed by atoms with van der Waals surface area (Å²) in [7, 11) is 0. The SMILES string of the molecule is Cc1cnc(C(C)NC2CCCC(C(C)C)C2)s1. The minimum atomic E-state index is 0.402. The van der Waals surface area contributed by atoms with Crippen molar-refractivity contribution >= 4 is 11.3 Å². The van der Waals surface area contributed by atoms with E-state index in [9.17, 15) is 0 Å². The first-order valence-corrected chi connectivity index (χ1v) is 8.06. The van der Waals surface area contributed by atoms with E-state index in [-0.39, 0.29) is 0 Å². The maximum atomic E-state index is 4.49. The van der Waals surface area contributed by atoms with Gasteiger partial charge >= 0.3 is 0 Å². The minimum Gasteiger partial charge on any atom is -0.305 e. The van der Waals surface area contributed by atoms with Crippen LogP contribution in [0.25, 0.3) is 0 Å². The number of nitrogens with one attached hydrogen (secondary N) is 1. The second-order valence-corrected chi connectivity index (χ2v) is 7.33. The highest BCUT2D eigenvalue weighted by Crippen LogP contribution is 2.31. The first-order chi connectivity index (χ1) is 8.56. The van der Waals surface area contributed by atoms with Gasteiger partial charge in [-0.25, -0.2) is 4.98 Å². The number of nitrogens with zero attached hydrogens (tertiary/aromatic N) is 1. The molecule has 0 saturated heterocycles. The standard InChI is InChI=1S/C15H26N2S/c1-10(2)13-6-5-7-14(8-13)17-12(4)15-16-9-11(3)18-15/h9-10,12-14,17H,5-8H2,1-4H3. The average molecular weight is 266 g/mol. The van der Waals surface area contributed by atoms with E-state index in [1.165, 1.54) is 35.6 Å². The van der Waals surface area contributed by atoms with Crippen LogP contribution >= 0.6 is 11.3 Å². The number of hydrogen-bond donors (Lipinski definition) is 1. The van der Waals surface area contributed by atoms with Crippen molar-refractivity contribution in [3.63, 3.8) is 0 Å². The van der Waals surface area contributed by atoms with Crippen molar-refractivity contribution in [1.82, 2.24) is 10.3 Å². The van der Waals surface area contributed by atoms with Crippen molar-refractivity contribution in [3.05, 3.63) is 16.1 Å².